The van der Waals surface area contributed by atoms with Crippen LogP contribution in [0, 0.1) is 3.57 Å². The number of hydrogen-bond donors (Lipinski definition) is 1. The van der Waals surface area contributed by atoms with Gasteiger partial charge in [-0.05, 0) is 65.8 Å². The maximum atomic E-state index is 12.4. The highest BCUT2D eigenvalue weighted by Crippen LogP contribution is 2.42. The Morgan fingerprint density at radius 3 is 2.43 bits per heavy atom. The first-order valence-corrected chi connectivity index (χ1v) is 15.8. The van der Waals surface area contributed by atoms with E-state index in [9.17, 15) is 25.9 Å². The normalized spacial score (nSPS) is 16.5. The second-order valence-corrected chi connectivity index (χ2v) is 13.6. The maximum Gasteiger partial charge on any atom is 0.294 e. The van der Waals surface area contributed by atoms with Crippen molar-refractivity contribution >= 4 is 60.0 Å². The summed E-state index contributed by atoms with van der Waals surface area (Å²) in [5, 5.41) is 2.18. The average molecular weight is 672 g/mol. The molecule has 3 heterocycles. The van der Waals surface area contributed by atoms with Crippen molar-refractivity contribution in [2.75, 3.05) is 13.1 Å². The summed E-state index contributed by atoms with van der Waals surface area (Å²) in [6, 6.07) is 8.42. The Kier molecular flexibility index (Phi) is 5.97. The Morgan fingerprint density at radius 2 is 1.73 bits per heavy atom. The van der Waals surface area contributed by atoms with Gasteiger partial charge in [0.1, 0.15) is 34.7 Å². The van der Waals surface area contributed by atoms with Gasteiger partial charge >= 0.3 is 0 Å². The molecule has 0 fully saturated rings. The van der Waals surface area contributed by atoms with Crippen LogP contribution in [-0.2, 0) is 33.1 Å². The number of fused-ring (bicyclic) bond motifs is 3. The first kappa shape index (κ1) is 25.3. The highest BCUT2D eigenvalue weighted by Gasteiger charge is 2.32. The molecule has 192 valence electrons. The molecule has 0 radical (unpaired) electrons. The van der Waals surface area contributed by atoms with Crippen LogP contribution in [-0.4, -0.2) is 39.0 Å². The minimum absolute atomic E-state index is 0.0149. The van der Waals surface area contributed by atoms with Crippen LogP contribution in [0.1, 0.15) is 35.1 Å². The largest absolute Gasteiger partial charge is 0.744 e. The molecule has 3 aromatic rings. The average Bonchev–Trinajstić information content (AvgIpc) is 2.83. The van der Waals surface area contributed by atoms with Gasteiger partial charge in [0.05, 0.1) is 20.4 Å². The van der Waals surface area contributed by atoms with Gasteiger partial charge in [-0.15, -0.1) is 0 Å². The van der Waals surface area contributed by atoms with Gasteiger partial charge in [0, 0.05) is 43.9 Å². The zero-order valence-corrected chi connectivity index (χ0v) is 23.7. The van der Waals surface area contributed by atoms with E-state index in [2.05, 4.69) is 27.2 Å². The van der Waals surface area contributed by atoms with E-state index in [1.54, 1.807) is 12.1 Å². The zero-order chi connectivity index (χ0) is 26.3. The zero-order valence-electron chi connectivity index (χ0n) is 19.1. The molecule has 0 unspecified atom stereocenters. The molecule has 0 bridgehead atoms. The third-order valence-corrected chi connectivity index (χ3v) is 10.3. The van der Waals surface area contributed by atoms with E-state index >= 15 is 0 Å². The van der Waals surface area contributed by atoms with E-state index in [0.717, 1.165) is 64.9 Å². The Hall–Kier alpha value is -2.03. The Labute approximate surface area is 231 Å². The number of rotatable bonds is 3. The minimum atomic E-state index is -5.15. The highest BCUT2D eigenvalue weighted by molar-refractivity contribution is 14.1. The van der Waals surface area contributed by atoms with E-state index in [-0.39, 0.29) is 5.56 Å². The van der Waals surface area contributed by atoms with Crippen LogP contribution in [0.2, 0.25) is 5.02 Å². The first-order chi connectivity index (χ1) is 17.4. The summed E-state index contributed by atoms with van der Waals surface area (Å²) in [7, 11) is -9.90. The topological polar surface area (TPSA) is 124 Å². The molecule has 3 aliphatic heterocycles. The van der Waals surface area contributed by atoms with Crippen molar-refractivity contribution in [3.8, 4) is 11.5 Å². The van der Waals surface area contributed by atoms with E-state index in [0.29, 0.717) is 38.9 Å². The Balaban J connectivity index is 1.82. The summed E-state index contributed by atoms with van der Waals surface area (Å²) in [6.45, 7) is 1.91. The second-order valence-electron chi connectivity index (χ2n) is 9.26. The van der Waals surface area contributed by atoms with Crippen LogP contribution < -0.4 is 19.9 Å². The third-order valence-electron chi connectivity index (χ3n) is 7.04. The maximum absolute atomic E-state index is 12.4. The third kappa shape index (κ3) is 4.20. The monoisotopic (exact) mass is 671 g/mol. The number of nitrogens with zero attached hydrogens (tertiary/aromatic N) is 1. The van der Waals surface area contributed by atoms with Gasteiger partial charge in [0.2, 0.25) is 5.36 Å². The molecule has 6 rings (SSSR count). The fourth-order valence-corrected chi connectivity index (χ4v) is 7.46. The number of ether oxygens (including phenoxy) is 1. The van der Waals surface area contributed by atoms with Crippen molar-refractivity contribution in [3.05, 3.63) is 77.8 Å². The van der Waals surface area contributed by atoms with Crippen LogP contribution in [0.15, 0.2) is 46.2 Å². The molecule has 0 atom stereocenters. The standard InChI is InChI=1S/C25H19ClINO7S2/c26-19-11-17-21(12-20(19)27)35-25-16-4-2-8-28-7-1-3-13(24(16)28)9-18(25)23(17)15-6-5-14(36(29,30)31)10-22(15)37(32,33)34/h5-6,9-12H,1-4,7-8H2,(H-,29,30,31,32,33,34). The van der Waals surface area contributed by atoms with Crippen molar-refractivity contribution in [1.82, 2.24) is 4.58 Å². The van der Waals surface area contributed by atoms with Crippen LogP contribution in [0.3, 0.4) is 0 Å². The van der Waals surface area contributed by atoms with Gasteiger partial charge in [-0.3, -0.25) is 4.55 Å². The van der Waals surface area contributed by atoms with E-state index in [4.69, 9.17) is 16.3 Å². The molecule has 0 aliphatic carbocycles. The van der Waals surface area contributed by atoms with Gasteiger partial charge in [0.15, 0.2) is 0 Å². The van der Waals surface area contributed by atoms with Crippen molar-refractivity contribution < 1.29 is 30.7 Å². The summed E-state index contributed by atoms with van der Waals surface area (Å²) in [5.74, 6) is 1.05. The summed E-state index contributed by atoms with van der Waals surface area (Å²) in [5.41, 5.74) is 3.06. The predicted octanol–water partition coefficient (Wildman–Crippen LogP) is 2.83. The molecular weight excluding hydrogens is 653 g/mol. The van der Waals surface area contributed by atoms with Crippen LogP contribution in [0.25, 0.3) is 5.57 Å². The van der Waals surface area contributed by atoms with Crippen molar-refractivity contribution in [3.63, 3.8) is 0 Å². The Morgan fingerprint density at radius 1 is 1.00 bits per heavy atom. The lowest BCUT2D eigenvalue weighted by atomic mass is 9.87. The number of hydrogen-bond acceptors (Lipinski definition) is 6. The quantitative estimate of drug-likeness (QED) is 0.202. The molecule has 3 aliphatic rings. The molecule has 37 heavy (non-hydrogen) atoms. The van der Waals surface area contributed by atoms with E-state index in [1.165, 1.54) is 6.07 Å². The molecule has 1 N–H and O–H groups in total. The smallest absolute Gasteiger partial charge is 0.294 e. The summed E-state index contributed by atoms with van der Waals surface area (Å²) < 4.78 is 79.9. The molecule has 0 saturated carbocycles. The number of halogens is 2. The SMILES string of the molecule is O=S(=O)([O-])c1cc(S(=O)(=O)O)ccc1C1=c2cc3c4c(c2Oc2cc(I)c(Cl)cc21)CCC[N+]=4CCC3. The molecule has 0 amide bonds. The summed E-state index contributed by atoms with van der Waals surface area (Å²) >= 11 is 8.55. The molecule has 12 heteroatoms. The Bertz CT molecular complexity index is 1880. The minimum Gasteiger partial charge on any atom is -0.744 e. The lowest BCUT2D eigenvalue weighted by Gasteiger charge is -2.27. The van der Waals surface area contributed by atoms with Gasteiger partial charge in [0.25, 0.3) is 10.1 Å². The molecular formula is C25H19ClINO7S2. The molecule has 8 nitrogen and oxygen atoms in total. The molecule has 0 aromatic heterocycles. The van der Waals surface area contributed by atoms with E-state index in [1.807, 2.05) is 6.07 Å². The van der Waals surface area contributed by atoms with Crippen molar-refractivity contribution in [2.45, 2.75) is 35.5 Å². The molecule has 0 spiro atoms. The molecule has 0 saturated heterocycles. The van der Waals surface area contributed by atoms with Gasteiger partial charge in [-0.25, -0.2) is 13.0 Å². The summed E-state index contributed by atoms with van der Waals surface area (Å²) in [4.78, 5) is -1.44. The second kappa shape index (κ2) is 8.75. The van der Waals surface area contributed by atoms with Crippen LogP contribution in [0.4, 0.5) is 0 Å². The van der Waals surface area contributed by atoms with Crippen molar-refractivity contribution in [1.29, 1.82) is 0 Å². The lowest BCUT2D eigenvalue weighted by molar-refractivity contribution is 0.436. The van der Waals surface area contributed by atoms with Gasteiger partial charge in [-0.1, -0.05) is 17.7 Å². The van der Waals surface area contributed by atoms with Gasteiger partial charge in [-0.2, -0.15) is 8.42 Å². The highest BCUT2D eigenvalue weighted by atomic mass is 127. The predicted molar refractivity (Wildman–Crippen MR) is 143 cm³/mol. The first-order valence-electron chi connectivity index (χ1n) is 11.5. The summed E-state index contributed by atoms with van der Waals surface area (Å²) in [6.07, 6.45) is 3.54. The lowest BCUT2D eigenvalue weighted by Crippen LogP contribution is -2.45. The number of benzene rings is 3. The van der Waals surface area contributed by atoms with E-state index < -0.39 is 30.0 Å². The fraction of sp³-hybridized carbons (Fsp3) is 0.240. The number of aryl methyl sites for hydroxylation is 1. The van der Waals surface area contributed by atoms with Crippen molar-refractivity contribution in [2.24, 2.45) is 0 Å². The van der Waals surface area contributed by atoms with Crippen LogP contribution >= 0.6 is 34.2 Å². The van der Waals surface area contributed by atoms with Gasteiger partial charge < -0.3 is 9.29 Å². The fourth-order valence-electron chi connectivity index (χ4n) is 5.56. The van der Waals surface area contributed by atoms with Crippen LogP contribution in [0.5, 0.6) is 11.5 Å². The molecule has 3 aromatic carbocycles.